The van der Waals surface area contributed by atoms with Crippen molar-refractivity contribution in [2.75, 3.05) is 26.8 Å². The number of hydrogen-bond acceptors (Lipinski definition) is 2. The maximum atomic E-state index is 5.88. The number of benzene rings is 1. The average Bonchev–Trinajstić information content (AvgIpc) is 2.25. The third-order valence-electron chi connectivity index (χ3n) is 2.68. The maximum Gasteiger partial charge on any atom is 0.0587 e. The van der Waals surface area contributed by atoms with Crippen molar-refractivity contribution in [3.8, 4) is 0 Å². The van der Waals surface area contributed by atoms with Crippen LogP contribution in [0.5, 0.6) is 0 Å². The summed E-state index contributed by atoms with van der Waals surface area (Å²) in [4.78, 5) is 0. The zero-order valence-electron chi connectivity index (χ0n) is 10.2. The van der Waals surface area contributed by atoms with E-state index in [1.54, 1.807) is 7.11 Å². The molecule has 1 aromatic rings. The van der Waals surface area contributed by atoms with Crippen LogP contribution in [0.2, 0.25) is 5.02 Å². The normalized spacial score (nSPS) is 11.8. The van der Waals surface area contributed by atoms with Crippen molar-refractivity contribution >= 4 is 11.6 Å². The Morgan fingerprint density at radius 2 is 1.88 bits per heavy atom. The maximum absolute atomic E-state index is 5.88. The summed E-state index contributed by atoms with van der Waals surface area (Å²) >= 11 is 5.88. The lowest BCUT2D eigenvalue weighted by molar-refractivity contribution is 0.197. The molecule has 0 radical (unpaired) electrons. The lowest BCUT2D eigenvalue weighted by atomic mass is 9.84. The minimum absolute atomic E-state index is 0.109. The van der Waals surface area contributed by atoms with Gasteiger partial charge in [-0.2, -0.15) is 0 Å². The number of nitrogens with one attached hydrogen (secondary N) is 1. The second-order valence-corrected chi connectivity index (χ2v) is 5.00. The molecule has 16 heavy (non-hydrogen) atoms. The molecule has 0 aliphatic carbocycles. The first-order chi connectivity index (χ1) is 7.56. The standard InChI is InChI=1S/C13H20ClNO/c1-13(2,10-15-8-9-16-3)11-4-6-12(14)7-5-11/h4-7,15H,8-10H2,1-3H3. The van der Waals surface area contributed by atoms with Gasteiger partial charge >= 0.3 is 0 Å². The van der Waals surface area contributed by atoms with Gasteiger partial charge in [0.05, 0.1) is 6.61 Å². The molecule has 0 aliphatic rings. The van der Waals surface area contributed by atoms with Crippen molar-refractivity contribution in [2.45, 2.75) is 19.3 Å². The summed E-state index contributed by atoms with van der Waals surface area (Å²) in [6, 6.07) is 8.04. The first-order valence-electron chi connectivity index (χ1n) is 5.52. The molecule has 3 heteroatoms. The summed E-state index contributed by atoms with van der Waals surface area (Å²) < 4.78 is 5.00. The molecule has 0 saturated heterocycles. The number of ether oxygens (including phenoxy) is 1. The van der Waals surface area contributed by atoms with Gasteiger partial charge in [-0.05, 0) is 17.7 Å². The number of methoxy groups -OCH3 is 1. The second kappa shape index (κ2) is 6.24. The molecule has 0 atom stereocenters. The van der Waals surface area contributed by atoms with E-state index in [0.717, 1.165) is 24.7 Å². The van der Waals surface area contributed by atoms with Crippen LogP contribution in [-0.2, 0) is 10.2 Å². The minimum atomic E-state index is 0.109. The molecule has 0 aromatic heterocycles. The van der Waals surface area contributed by atoms with Gasteiger partial charge in [-0.3, -0.25) is 0 Å². The van der Waals surface area contributed by atoms with Crippen LogP contribution in [0.15, 0.2) is 24.3 Å². The van der Waals surface area contributed by atoms with Crippen LogP contribution in [0, 0.1) is 0 Å². The van der Waals surface area contributed by atoms with Crippen molar-refractivity contribution in [1.82, 2.24) is 5.32 Å². The topological polar surface area (TPSA) is 21.3 Å². The highest BCUT2D eigenvalue weighted by atomic mass is 35.5. The average molecular weight is 242 g/mol. The Labute approximate surface area is 103 Å². The van der Waals surface area contributed by atoms with Gasteiger partial charge in [0, 0.05) is 30.6 Å². The molecule has 0 unspecified atom stereocenters. The molecule has 2 nitrogen and oxygen atoms in total. The van der Waals surface area contributed by atoms with E-state index < -0.39 is 0 Å². The first kappa shape index (κ1) is 13.5. The Morgan fingerprint density at radius 1 is 1.25 bits per heavy atom. The molecular formula is C13H20ClNO. The fourth-order valence-corrected chi connectivity index (χ4v) is 1.70. The van der Waals surface area contributed by atoms with Crippen molar-refractivity contribution in [2.24, 2.45) is 0 Å². The number of hydrogen-bond donors (Lipinski definition) is 1. The van der Waals surface area contributed by atoms with E-state index >= 15 is 0 Å². The molecule has 0 fully saturated rings. The second-order valence-electron chi connectivity index (χ2n) is 4.56. The van der Waals surface area contributed by atoms with Crippen LogP contribution in [-0.4, -0.2) is 26.8 Å². The van der Waals surface area contributed by atoms with Crippen molar-refractivity contribution in [3.05, 3.63) is 34.9 Å². The van der Waals surface area contributed by atoms with Crippen LogP contribution < -0.4 is 5.32 Å². The monoisotopic (exact) mass is 241 g/mol. The number of halogens is 1. The van der Waals surface area contributed by atoms with Crippen molar-refractivity contribution in [3.63, 3.8) is 0 Å². The Kier molecular flexibility index (Phi) is 5.26. The molecule has 0 heterocycles. The third-order valence-corrected chi connectivity index (χ3v) is 2.93. The lowest BCUT2D eigenvalue weighted by Crippen LogP contribution is -2.34. The molecule has 1 N–H and O–H groups in total. The summed E-state index contributed by atoms with van der Waals surface area (Å²) in [6.45, 7) is 6.99. The molecule has 0 saturated carbocycles. The largest absolute Gasteiger partial charge is 0.383 e. The molecule has 1 rings (SSSR count). The SMILES string of the molecule is COCCNCC(C)(C)c1ccc(Cl)cc1. The fourth-order valence-electron chi connectivity index (χ4n) is 1.58. The van der Waals surface area contributed by atoms with Crippen LogP contribution >= 0.6 is 11.6 Å². The smallest absolute Gasteiger partial charge is 0.0587 e. The molecule has 0 spiro atoms. The molecule has 90 valence electrons. The molecular weight excluding hydrogens is 222 g/mol. The van der Waals surface area contributed by atoms with Gasteiger partial charge in [0.1, 0.15) is 0 Å². The number of rotatable bonds is 6. The summed E-state index contributed by atoms with van der Waals surface area (Å²) in [6.07, 6.45) is 0. The van der Waals surface area contributed by atoms with E-state index in [9.17, 15) is 0 Å². The quantitative estimate of drug-likeness (QED) is 0.774. The summed E-state index contributed by atoms with van der Waals surface area (Å²) in [7, 11) is 1.71. The Balaban J connectivity index is 2.52. The van der Waals surface area contributed by atoms with Gasteiger partial charge in [0.2, 0.25) is 0 Å². The highest BCUT2D eigenvalue weighted by molar-refractivity contribution is 6.30. The van der Waals surface area contributed by atoms with Crippen molar-refractivity contribution in [1.29, 1.82) is 0 Å². The Morgan fingerprint density at radius 3 is 2.44 bits per heavy atom. The van der Waals surface area contributed by atoms with E-state index in [0.29, 0.717) is 0 Å². The third kappa shape index (κ3) is 4.12. The van der Waals surface area contributed by atoms with E-state index in [1.165, 1.54) is 5.56 Å². The van der Waals surface area contributed by atoms with Gasteiger partial charge in [0.15, 0.2) is 0 Å². The zero-order chi connectivity index (χ0) is 12.0. The Bertz CT molecular complexity index is 308. The van der Waals surface area contributed by atoms with E-state index in [4.69, 9.17) is 16.3 Å². The first-order valence-corrected chi connectivity index (χ1v) is 5.90. The Hall–Kier alpha value is -0.570. The molecule has 0 aliphatic heterocycles. The zero-order valence-corrected chi connectivity index (χ0v) is 11.0. The van der Waals surface area contributed by atoms with Gasteiger partial charge < -0.3 is 10.1 Å². The van der Waals surface area contributed by atoms with Gasteiger partial charge in [-0.25, -0.2) is 0 Å². The summed E-state index contributed by atoms with van der Waals surface area (Å²) in [5.41, 5.74) is 1.40. The fraction of sp³-hybridized carbons (Fsp3) is 0.538. The molecule has 0 amide bonds. The van der Waals surface area contributed by atoms with Gasteiger partial charge in [-0.1, -0.05) is 37.6 Å². The van der Waals surface area contributed by atoms with Crippen LogP contribution in [0.3, 0.4) is 0 Å². The summed E-state index contributed by atoms with van der Waals surface area (Å²) in [5, 5.41) is 4.17. The van der Waals surface area contributed by atoms with E-state index in [-0.39, 0.29) is 5.41 Å². The van der Waals surface area contributed by atoms with E-state index in [2.05, 4.69) is 31.3 Å². The highest BCUT2D eigenvalue weighted by Crippen LogP contribution is 2.23. The molecule has 1 aromatic carbocycles. The highest BCUT2D eigenvalue weighted by Gasteiger charge is 2.19. The van der Waals surface area contributed by atoms with Gasteiger partial charge in [0.25, 0.3) is 0 Å². The molecule has 0 bridgehead atoms. The van der Waals surface area contributed by atoms with Crippen LogP contribution in [0.1, 0.15) is 19.4 Å². The predicted molar refractivity (Wildman–Crippen MR) is 69.2 cm³/mol. The summed E-state index contributed by atoms with van der Waals surface area (Å²) in [5.74, 6) is 0. The van der Waals surface area contributed by atoms with Crippen molar-refractivity contribution < 1.29 is 4.74 Å². The lowest BCUT2D eigenvalue weighted by Gasteiger charge is -2.25. The van der Waals surface area contributed by atoms with Crippen LogP contribution in [0.25, 0.3) is 0 Å². The van der Waals surface area contributed by atoms with Crippen LogP contribution in [0.4, 0.5) is 0 Å². The predicted octanol–water partition coefficient (Wildman–Crippen LogP) is 2.85. The van der Waals surface area contributed by atoms with Gasteiger partial charge in [-0.15, -0.1) is 0 Å². The van der Waals surface area contributed by atoms with E-state index in [1.807, 2.05) is 12.1 Å². The minimum Gasteiger partial charge on any atom is -0.383 e.